The van der Waals surface area contributed by atoms with Crippen LogP contribution in [0.1, 0.15) is 69.1 Å². The van der Waals surface area contributed by atoms with Gasteiger partial charge in [-0.3, -0.25) is 4.79 Å². The molecule has 1 fully saturated rings. The molecule has 0 radical (unpaired) electrons. The molecule has 0 aliphatic heterocycles. The SMILES string of the molecule is CC(C)c1cccc(C(C)C)c1NC(=O)C1(c2ccc(Cl)cc2)CC1. The third-order valence-corrected chi connectivity index (χ3v) is 5.44. The van der Waals surface area contributed by atoms with Crippen LogP contribution in [0.3, 0.4) is 0 Å². The minimum Gasteiger partial charge on any atom is -0.325 e. The van der Waals surface area contributed by atoms with Crippen molar-refractivity contribution in [3.63, 3.8) is 0 Å². The minimum absolute atomic E-state index is 0.102. The quantitative estimate of drug-likeness (QED) is 0.674. The zero-order chi connectivity index (χ0) is 18.2. The normalized spacial score (nSPS) is 15.5. The molecule has 2 aromatic rings. The molecule has 0 aromatic heterocycles. The molecule has 0 saturated heterocycles. The van der Waals surface area contributed by atoms with Gasteiger partial charge in [-0.25, -0.2) is 0 Å². The second-order valence-corrected chi connectivity index (χ2v) is 8.10. The number of amides is 1. The van der Waals surface area contributed by atoms with Crippen molar-refractivity contribution in [2.24, 2.45) is 0 Å². The van der Waals surface area contributed by atoms with Crippen molar-refractivity contribution in [3.05, 3.63) is 64.2 Å². The van der Waals surface area contributed by atoms with E-state index in [1.54, 1.807) is 0 Å². The third-order valence-electron chi connectivity index (χ3n) is 5.19. The molecule has 3 rings (SSSR count). The summed E-state index contributed by atoms with van der Waals surface area (Å²) in [7, 11) is 0. The van der Waals surface area contributed by atoms with Crippen LogP contribution in [0.5, 0.6) is 0 Å². The summed E-state index contributed by atoms with van der Waals surface area (Å²) in [5.74, 6) is 0.823. The molecule has 1 N–H and O–H groups in total. The Morgan fingerprint density at radius 1 is 0.960 bits per heavy atom. The molecule has 1 aliphatic rings. The Balaban J connectivity index is 1.94. The van der Waals surface area contributed by atoms with Crippen LogP contribution in [0.2, 0.25) is 5.02 Å². The Hall–Kier alpha value is -1.80. The number of halogens is 1. The molecule has 0 bridgehead atoms. The van der Waals surface area contributed by atoms with Crippen molar-refractivity contribution in [2.75, 3.05) is 5.32 Å². The average molecular weight is 356 g/mol. The van der Waals surface area contributed by atoms with E-state index in [0.717, 1.165) is 24.1 Å². The van der Waals surface area contributed by atoms with Crippen molar-refractivity contribution < 1.29 is 4.79 Å². The number of hydrogen-bond donors (Lipinski definition) is 1. The molecule has 0 atom stereocenters. The Morgan fingerprint density at radius 2 is 1.48 bits per heavy atom. The lowest BCUT2D eigenvalue weighted by Crippen LogP contribution is -2.29. The van der Waals surface area contributed by atoms with Crippen molar-refractivity contribution in [1.82, 2.24) is 0 Å². The molecule has 2 aromatic carbocycles. The highest BCUT2D eigenvalue weighted by atomic mass is 35.5. The molecule has 0 heterocycles. The molecule has 25 heavy (non-hydrogen) atoms. The highest BCUT2D eigenvalue weighted by Crippen LogP contribution is 2.49. The average Bonchev–Trinajstić information content (AvgIpc) is 3.37. The number of benzene rings is 2. The molecule has 1 saturated carbocycles. The van der Waals surface area contributed by atoms with E-state index >= 15 is 0 Å². The zero-order valence-corrected chi connectivity index (χ0v) is 16.2. The number of carbonyl (C=O) groups excluding carboxylic acids is 1. The molecular formula is C22H26ClNO. The number of nitrogens with one attached hydrogen (secondary N) is 1. The second kappa shape index (κ2) is 6.84. The Bertz CT molecular complexity index is 747. The van der Waals surface area contributed by atoms with E-state index in [-0.39, 0.29) is 5.91 Å². The molecule has 0 spiro atoms. The van der Waals surface area contributed by atoms with E-state index < -0.39 is 5.41 Å². The van der Waals surface area contributed by atoms with E-state index in [2.05, 4.69) is 51.2 Å². The monoisotopic (exact) mass is 355 g/mol. The summed E-state index contributed by atoms with van der Waals surface area (Å²) < 4.78 is 0. The Morgan fingerprint density at radius 3 is 1.92 bits per heavy atom. The summed E-state index contributed by atoms with van der Waals surface area (Å²) in [6, 6.07) is 14.0. The van der Waals surface area contributed by atoms with Gasteiger partial charge in [0, 0.05) is 10.7 Å². The first-order chi connectivity index (χ1) is 11.8. The van der Waals surface area contributed by atoms with E-state index in [1.165, 1.54) is 11.1 Å². The van der Waals surface area contributed by atoms with Crippen molar-refractivity contribution >= 4 is 23.2 Å². The van der Waals surface area contributed by atoms with Crippen LogP contribution in [-0.2, 0) is 10.2 Å². The van der Waals surface area contributed by atoms with E-state index in [4.69, 9.17) is 11.6 Å². The Kier molecular flexibility index (Phi) is 4.92. The predicted octanol–water partition coefficient (Wildman–Crippen LogP) is 6.26. The van der Waals surface area contributed by atoms with Crippen molar-refractivity contribution in [1.29, 1.82) is 0 Å². The van der Waals surface area contributed by atoms with Crippen LogP contribution >= 0.6 is 11.6 Å². The lowest BCUT2D eigenvalue weighted by atomic mass is 9.91. The maximum Gasteiger partial charge on any atom is 0.235 e. The van der Waals surface area contributed by atoms with Crippen molar-refractivity contribution in [3.8, 4) is 0 Å². The van der Waals surface area contributed by atoms with Crippen LogP contribution in [0.15, 0.2) is 42.5 Å². The Labute approximate surface area is 155 Å². The van der Waals surface area contributed by atoms with Crippen LogP contribution in [-0.4, -0.2) is 5.91 Å². The number of anilines is 1. The first-order valence-electron chi connectivity index (χ1n) is 9.05. The standard InChI is InChI=1S/C22H26ClNO/c1-14(2)18-6-5-7-19(15(3)4)20(18)24-21(25)22(12-13-22)16-8-10-17(23)11-9-16/h5-11,14-15H,12-13H2,1-4H3,(H,24,25). The molecule has 1 amide bonds. The van der Waals surface area contributed by atoms with Gasteiger partial charge in [0.25, 0.3) is 0 Å². The third kappa shape index (κ3) is 3.46. The van der Waals surface area contributed by atoms with E-state index in [9.17, 15) is 4.79 Å². The maximum absolute atomic E-state index is 13.2. The number of para-hydroxylation sites is 1. The summed E-state index contributed by atoms with van der Waals surface area (Å²) in [6.45, 7) is 8.67. The van der Waals surface area contributed by atoms with E-state index in [0.29, 0.717) is 16.9 Å². The highest BCUT2D eigenvalue weighted by molar-refractivity contribution is 6.30. The second-order valence-electron chi connectivity index (χ2n) is 7.66. The van der Waals surface area contributed by atoms with Gasteiger partial charge in [0.05, 0.1) is 5.41 Å². The number of rotatable bonds is 5. The van der Waals surface area contributed by atoms with Gasteiger partial charge in [-0.15, -0.1) is 0 Å². The van der Waals surface area contributed by atoms with Crippen LogP contribution in [0.4, 0.5) is 5.69 Å². The summed E-state index contributed by atoms with van der Waals surface area (Å²) in [6.07, 6.45) is 1.78. The highest BCUT2D eigenvalue weighted by Gasteiger charge is 2.51. The van der Waals surface area contributed by atoms with Gasteiger partial charge in [-0.2, -0.15) is 0 Å². The fourth-order valence-electron chi connectivity index (χ4n) is 3.47. The van der Waals surface area contributed by atoms with E-state index in [1.807, 2.05) is 24.3 Å². The fraction of sp³-hybridized carbons (Fsp3) is 0.409. The van der Waals surface area contributed by atoms with Crippen LogP contribution in [0, 0.1) is 0 Å². The predicted molar refractivity (Wildman–Crippen MR) is 106 cm³/mol. The van der Waals surface area contributed by atoms with Gasteiger partial charge in [-0.05, 0) is 53.5 Å². The fourth-order valence-corrected chi connectivity index (χ4v) is 3.60. The van der Waals surface area contributed by atoms with Gasteiger partial charge >= 0.3 is 0 Å². The largest absolute Gasteiger partial charge is 0.325 e. The van der Waals surface area contributed by atoms with Crippen LogP contribution < -0.4 is 5.32 Å². The van der Waals surface area contributed by atoms with Gasteiger partial charge in [0.1, 0.15) is 0 Å². The first kappa shape index (κ1) is 18.0. The van der Waals surface area contributed by atoms with Gasteiger partial charge in [0.2, 0.25) is 5.91 Å². The smallest absolute Gasteiger partial charge is 0.235 e. The molecule has 3 heteroatoms. The number of hydrogen-bond acceptors (Lipinski definition) is 1. The first-order valence-corrected chi connectivity index (χ1v) is 9.43. The lowest BCUT2D eigenvalue weighted by molar-refractivity contribution is -0.118. The zero-order valence-electron chi connectivity index (χ0n) is 15.4. The number of carbonyl (C=O) groups is 1. The summed E-state index contributed by atoms with van der Waals surface area (Å²) >= 11 is 6.00. The topological polar surface area (TPSA) is 29.1 Å². The molecule has 2 nitrogen and oxygen atoms in total. The summed E-state index contributed by atoms with van der Waals surface area (Å²) in [4.78, 5) is 13.2. The minimum atomic E-state index is -0.400. The molecule has 0 unspecified atom stereocenters. The van der Waals surface area contributed by atoms with Crippen molar-refractivity contribution in [2.45, 2.75) is 57.8 Å². The summed E-state index contributed by atoms with van der Waals surface area (Å²) in [5.41, 5.74) is 4.06. The molecule has 132 valence electrons. The van der Waals surface area contributed by atoms with Gasteiger partial charge in [-0.1, -0.05) is 69.6 Å². The van der Waals surface area contributed by atoms with Crippen LogP contribution in [0.25, 0.3) is 0 Å². The van der Waals surface area contributed by atoms with Gasteiger partial charge in [0.15, 0.2) is 0 Å². The molecular weight excluding hydrogens is 330 g/mol. The molecule has 1 aliphatic carbocycles. The van der Waals surface area contributed by atoms with Gasteiger partial charge < -0.3 is 5.32 Å². The maximum atomic E-state index is 13.2. The summed E-state index contributed by atoms with van der Waals surface area (Å²) in [5, 5.41) is 3.99. The lowest BCUT2D eigenvalue weighted by Gasteiger charge is -2.23.